The number of carbonyl (C=O) groups excluding carboxylic acids is 3. The molecule has 14 heteroatoms. The van der Waals surface area contributed by atoms with Crippen molar-refractivity contribution in [1.82, 2.24) is 20.9 Å². The molecule has 51 heavy (non-hydrogen) atoms. The van der Waals surface area contributed by atoms with Crippen molar-refractivity contribution in [3.8, 4) is 0 Å². The summed E-state index contributed by atoms with van der Waals surface area (Å²) in [7, 11) is -3.87. The van der Waals surface area contributed by atoms with Gasteiger partial charge in [0, 0.05) is 45.1 Å². The Balaban J connectivity index is 0.00000901. The second kappa shape index (κ2) is 21.4. The summed E-state index contributed by atoms with van der Waals surface area (Å²) < 4.78 is 55.7. The third kappa shape index (κ3) is 14.1. The summed E-state index contributed by atoms with van der Waals surface area (Å²) in [5, 5.41) is 19.2. The zero-order valence-electron chi connectivity index (χ0n) is 30.1. The van der Waals surface area contributed by atoms with E-state index in [2.05, 4.69) is 16.0 Å². The standard InChI is InChI=1S/C37H54F2N4O6S.ClH/c1-5-9-32(10-6-2)50(48,49)24-34(42-36(46)29-13-15-43(16-14-29)25(4)44)37(47)41-33(20-28-18-30(38)21-31(39)19-28)35(45)23-40-22-27-12-8-11-26(7-3)17-27;/h8,11-12,17-19,21,29,32-35,40,45H,5-7,9-10,13-16,20,22-24H2,1-4H3,(H,41,47)(H,42,46);1H/t33-,34+,35+;/m0./s1. The van der Waals surface area contributed by atoms with Crippen molar-refractivity contribution in [3.63, 3.8) is 0 Å². The molecule has 0 aromatic heterocycles. The van der Waals surface area contributed by atoms with Gasteiger partial charge in [0.25, 0.3) is 0 Å². The highest BCUT2D eigenvalue weighted by Gasteiger charge is 2.36. The number of aliphatic hydroxyl groups excluding tert-OH is 1. The Morgan fingerprint density at radius 3 is 2.10 bits per heavy atom. The second-order valence-corrected chi connectivity index (χ2v) is 15.7. The average molecular weight is 757 g/mol. The number of likely N-dealkylation sites (tertiary alicyclic amines) is 1. The monoisotopic (exact) mass is 756 g/mol. The number of halogens is 3. The lowest BCUT2D eigenvalue weighted by Gasteiger charge is -2.32. The van der Waals surface area contributed by atoms with Gasteiger partial charge in [0.1, 0.15) is 17.7 Å². The first kappa shape index (κ1) is 44.0. The predicted molar refractivity (Wildman–Crippen MR) is 197 cm³/mol. The second-order valence-electron chi connectivity index (χ2n) is 13.3. The van der Waals surface area contributed by atoms with Gasteiger partial charge in [-0.05, 0) is 67.3 Å². The van der Waals surface area contributed by atoms with Gasteiger partial charge in [-0.1, -0.05) is 57.9 Å². The molecule has 1 heterocycles. The van der Waals surface area contributed by atoms with Crippen LogP contribution in [0.3, 0.4) is 0 Å². The van der Waals surface area contributed by atoms with Crippen LogP contribution in [0.5, 0.6) is 0 Å². The maximum Gasteiger partial charge on any atom is 0.243 e. The topological polar surface area (TPSA) is 145 Å². The average Bonchev–Trinajstić information content (AvgIpc) is 3.07. The minimum atomic E-state index is -3.87. The number of nitrogens with zero attached hydrogens (tertiary/aromatic N) is 1. The molecule has 1 fully saturated rings. The Labute approximate surface area is 307 Å². The van der Waals surface area contributed by atoms with Crippen molar-refractivity contribution in [2.75, 3.05) is 25.4 Å². The van der Waals surface area contributed by atoms with Crippen LogP contribution in [0.4, 0.5) is 8.78 Å². The van der Waals surface area contributed by atoms with Crippen molar-refractivity contribution in [3.05, 3.63) is 70.8 Å². The summed E-state index contributed by atoms with van der Waals surface area (Å²) in [6, 6.07) is 8.28. The first-order valence-electron chi connectivity index (χ1n) is 17.8. The van der Waals surface area contributed by atoms with Crippen LogP contribution in [0.1, 0.15) is 82.9 Å². The predicted octanol–water partition coefficient (Wildman–Crippen LogP) is 4.25. The van der Waals surface area contributed by atoms with E-state index in [0.29, 0.717) is 58.2 Å². The molecule has 3 rings (SSSR count). The van der Waals surface area contributed by atoms with Gasteiger partial charge in [-0.25, -0.2) is 17.2 Å². The largest absolute Gasteiger partial charge is 0.390 e. The summed E-state index contributed by atoms with van der Waals surface area (Å²) >= 11 is 0. The zero-order valence-corrected chi connectivity index (χ0v) is 31.8. The number of aryl methyl sites for hydroxylation is 1. The maximum absolute atomic E-state index is 14.2. The Bertz CT molecular complexity index is 1510. The lowest BCUT2D eigenvalue weighted by atomic mass is 9.95. The number of hydrogen-bond acceptors (Lipinski definition) is 7. The van der Waals surface area contributed by atoms with Crippen molar-refractivity contribution in [2.45, 2.75) is 109 Å². The smallest absolute Gasteiger partial charge is 0.243 e. The molecule has 2 aromatic carbocycles. The van der Waals surface area contributed by atoms with Gasteiger partial charge >= 0.3 is 0 Å². The Kier molecular flexibility index (Phi) is 18.5. The Morgan fingerprint density at radius 2 is 1.53 bits per heavy atom. The molecule has 1 aliphatic rings. The third-order valence-corrected chi connectivity index (χ3v) is 11.6. The number of benzene rings is 2. The highest BCUT2D eigenvalue weighted by molar-refractivity contribution is 7.92. The van der Waals surface area contributed by atoms with E-state index in [0.717, 1.165) is 35.7 Å². The molecule has 4 N–H and O–H groups in total. The van der Waals surface area contributed by atoms with Gasteiger partial charge in [-0.2, -0.15) is 0 Å². The molecule has 1 aliphatic heterocycles. The van der Waals surface area contributed by atoms with E-state index >= 15 is 0 Å². The summed E-state index contributed by atoms with van der Waals surface area (Å²) in [5.74, 6) is -4.24. The van der Waals surface area contributed by atoms with Gasteiger partial charge in [0.2, 0.25) is 17.7 Å². The lowest BCUT2D eigenvalue weighted by molar-refractivity contribution is -0.135. The molecule has 0 unspecified atom stereocenters. The van der Waals surface area contributed by atoms with Gasteiger partial charge in [0.15, 0.2) is 9.84 Å². The molecule has 3 amide bonds. The molecule has 3 atom stereocenters. The molecule has 0 spiro atoms. The minimum Gasteiger partial charge on any atom is -0.390 e. The Morgan fingerprint density at radius 1 is 0.922 bits per heavy atom. The lowest BCUT2D eigenvalue weighted by Crippen LogP contribution is -2.58. The highest BCUT2D eigenvalue weighted by Crippen LogP contribution is 2.20. The molecule has 0 bridgehead atoms. The highest BCUT2D eigenvalue weighted by atomic mass is 35.5. The quantitative estimate of drug-likeness (QED) is 0.168. The summed E-state index contributed by atoms with van der Waals surface area (Å²) in [6.45, 7) is 8.41. The van der Waals surface area contributed by atoms with Crippen LogP contribution < -0.4 is 16.0 Å². The molecule has 0 saturated carbocycles. The molecule has 0 radical (unpaired) electrons. The normalized spacial score (nSPS) is 15.5. The SMILES string of the molecule is CCCC(CCC)S(=O)(=O)C[C@@H](NC(=O)C1CCN(C(C)=O)CC1)C(=O)N[C@@H](Cc1cc(F)cc(F)c1)[C@H](O)CNCc1cccc(CC)c1.Cl. The number of sulfone groups is 1. The van der Waals surface area contributed by atoms with Gasteiger partial charge in [0.05, 0.1) is 23.1 Å². The van der Waals surface area contributed by atoms with Crippen LogP contribution >= 0.6 is 12.4 Å². The molecular weight excluding hydrogens is 702 g/mol. The van der Waals surface area contributed by atoms with Crippen LogP contribution in [0, 0.1) is 17.6 Å². The van der Waals surface area contributed by atoms with E-state index < -0.39 is 68.4 Å². The number of carbonyl (C=O) groups is 3. The Hall–Kier alpha value is -3.13. The van der Waals surface area contributed by atoms with E-state index in [1.807, 2.05) is 45.0 Å². The van der Waals surface area contributed by atoms with Crippen LogP contribution in [0.25, 0.3) is 0 Å². The number of amides is 3. The number of rotatable bonds is 19. The minimum absolute atomic E-state index is 0. The molecule has 286 valence electrons. The van der Waals surface area contributed by atoms with E-state index in [-0.39, 0.29) is 36.8 Å². The number of hydrogen-bond donors (Lipinski definition) is 4. The fraction of sp³-hybridized carbons (Fsp3) is 0.595. The number of piperidine rings is 1. The van der Waals surface area contributed by atoms with Crippen LogP contribution in [-0.4, -0.2) is 85.0 Å². The zero-order chi connectivity index (χ0) is 36.8. The van der Waals surface area contributed by atoms with Gasteiger partial charge < -0.3 is 26.0 Å². The van der Waals surface area contributed by atoms with Crippen molar-refractivity contribution < 1.29 is 36.7 Å². The van der Waals surface area contributed by atoms with Gasteiger partial charge in [-0.15, -0.1) is 12.4 Å². The first-order chi connectivity index (χ1) is 23.8. The molecular formula is C37H55ClF2N4O6S. The summed E-state index contributed by atoms with van der Waals surface area (Å²) in [6.07, 6.45) is 2.21. The molecule has 1 saturated heterocycles. The first-order valence-corrected chi connectivity index (χ1v) is 19.5. The fourth-order valence-electron chi connectivity index (χ4n) is 6.46. The van der Waals surface area contributed by atoms with Crippen LogP contribution in [-0.2, 0) is 43.6 Å². The number of aliphatic hydroxyl groups is 1. The molecule has 0 aliphatic carbocycles. The maximum atomic E-state index is 14.2. The fourth-order valence-corrected chi connectivity index (χ4v) is 8.62. The van der Waals surface area contributed by atoms with Crippen molar-refractivity contribution >= 4 is 40.0 Å². The van der Waals surface area contributed by atoms with E-state index in [4.69, 9.17) is 0 Å². The summed E-state index contributed by atoms with van der Waals surface area (Å²) in [5.41, 5.74) is 2.31. The van der Waals surface area contributed by atoms with E-state index in [1.54, 1.807) is 4.90 Å². The molecule has 2 aromatic rings. The van der Waals surface area contributed by atoms with E-state index in [9.17, 15) is 36.7 Å². The summed E-state index contributed by atoms with van der Waals surface area (Å²) in [4.78, 5) is 40.9. The van der Waals surface area contributed by atoms with Gasteiger partial charge in [-0.3, -0.25) is 14.4 Å². The van der Waals surface area contributed by atoms with Crippen molar-refractivity contribution in [2.24, 2.45) is 5.92 Å². The third-order valence-electron chi connectivity index (χ3n) is 9.32. The van der Waals surface area contributed by atoms with Crippen LogP contribution in [0.2, 0.25) is 0 Å². The number of nitrogens with one attached hydrogen (secondary N) is 3. The van der Waals surface area contributed by atoms with Crippen LogP contribution in [0.15, 0.2) is 42.5 Å². The molecule has 10 nitrogen and oxygen atoms in total. The van der Waals surface area contributed by atoms with E-state index in [1.165, 1.54) is 6.92 Å². The van der Waals surface area contributed by atoms with Crippen molar-refractivity contribution in [1.29, 1.82) is 0 Å².